The lowest BCUT2D eigenvalue weighted by Crippen LogP contribution is -2.28. The summed E-state index contributed by atoms with van der Waals surface area (Å²) in [5.41, 5.74) is 0. The van der Waals surface area contributed by atoms with Gasteiger partial charge < -0.3 is 5.32 Å². The third-order valence-corrected chi connectivity index (χ3v) is 3.82. The summed E-state index contributed by atoms with van der Waals surface area (Å²) in [4.78, 5) is 11.7. The molecule has 0 radical (unpaired) electrons. The van der Waals surface area contributed by atoms with E-state index in [0.717, 1.165) is 18.9 Å². The van der Waals surface area contributed by atoms with Crippen LogP contribution in [-0.2, 0) is 4.79 Å². The van der Waals surface area contributed by atoms with Crippen LogP contribution in [0.15, 0.2) is 0 Å². The van der Waals surface area contributed by atoms with Crippen molar-refractivity contribution in [1.29, 1.82) is 0 Å². The first-order chi connectivity index (χ1) is 9.10. The Morgan fingerprint density at radius 2 is 1.74 bits per heavy atom. The van der Waals surface area contributed by atoms with Gasteiger partial charge in [0.05, 0.1) is 0 Å². The molecule has 0 aliphatic rings. The lowest BCUT2D eigenvalue weighted by Gasteiger charge is -2.15. The Kier molecular flexibility index (Phi) is 12.2. The van der Waals surface area contributed by atoms with Crippen LogP contribution >= 0.6 is 0 Å². The van der Waals surface area contributed by atoms with E-state index in [1.807, 2.05) is 0 Å². The van der Waals surface area contributed by atoms with E-state index in [9.17, 15) is 4.79 Å². The van der Waals surface area contributed by atoms with Gasteiger partial charge in [-0.3, -0.25) is 4.79 Å². The number of rotatable bonds is 12. The lowest BCUT2D eigenvalue weighted by atomic mass is 9.99. The highest BCUT2D eigenvalue weighted by Gasteiger charge is 2.08. The molecule has 114 valence electrons. The van der Waals surface area contributed by atoms with Crippen LogP contribution in [0.1, 0.15) is 85.5 Å². The van der Waals surface area contributed by atoms with Crippen molar-refractivity contribution < 1.29 is 4.79 Å². The molecule has 1 N–H and O–H groups in total. The van der Waals surface area contributed by atoms with Crippen molar-refractivity contribution in [2.45, 2.75) is 85.5 Å². The number of amides is 1. The van der Waals surface area contributed by atoms with Gasteiger partial charge in [-0.1, -0.05) is 66.2 Å². The Balaban J connectivity index is 3.51. The van der Waals surface area contributed by atoms with Crippen LogP contribution in [-0.4, -0.2) is 12.5 Å². The molecule has 0 rings (SSSR count). The Bertz CT molecular complexity index is 213. The van der Waals surface area contributed by atoms with Gasteiger partial charge in [-0.25, -0.2) is 0 Å². The molecular weight excluding hydrogens is 234 g/mol. The minimum absolute atomic E-state index is 0.250. The Morgan fingerprint density at radius 1 is 1.00 bits per heavy atom. The van der Waals surface area contributed by atoms with Crippen LogP contribution < -0.4 is 5.32 Å². The molecule has 0 heterocycles. The van der Waals surface area contributed by atoms with Crippen molar-refractivity contribution in [2.24, 2.45) is 11.8 Å². The fourth-order valence-corrected chi connectivity index (χ4v) is 2.30. The molecule has 2 nitrogen and oxygen atoms in total. The van der Waals surface area contributed by atoms with Crippen LogP contribution in [0.3, 0.4) is 0 Å². The van der Waals surface area contributed by atoms with E-state index < -0.39 is 0 Å². The zero-order chi connectivity index (χ0) is 14.5. The highest BCUT2D eigenvalue weighted by Crippen LogP contribution is 2.12. The molecule has 0 bridgehead atoms. The second kappa shape index (κ2) is 12.5. The van der Waals surface area contributed by atoms with Gasteiger partial charge in [0.15, 0.2) is 0 Å². The quantitative estimate of drug-likeness (QED) is 0.500. The smallest absolute Gasteiger partial charge is 0.220 e. The average molecular weight is 269 g/mol. The standard InChI is InChI=1S/C17H35NO/c1-5-7-12-16(6-2)14-18-17(19)13-10-8-9-11-15(3)4/h15-16H,5-14H2,1-4H3,(H,18,19)/t16-/m1/s1. The molecule has 0 aromatic carbocycles. The number of hydrogen-bond donors (Lipinski definition) is 1. The van der Waals surface area contributed by atoms with E-state index in [4.69, 9.17) is 0 Å². The predicted octanol–water partition coefficient (Wildman–Crippen LogP) is 4.93. The fourth-order valence-electron chi connectivity index (χ4n) is 2.30. The molecule has 1 amide bonds. The van der Waals surface area contributed by atoms with Gasteiger partial charge in [-0.15, -0.1) is 0 Å². The molecule has 0 unspecified atom stereocenters. The molecular formula is C17H35NO. The number of nitrogens with one attached hydrogen (secondary N) is 1. The molecule has 0 aliphatic heterocycles. The summed E-state index contributed by atoms with van der Waals surface area (Å²) in [6.07, 6.45) is 10.5. The third kappa shape index (κ3) is 12.3. The molecule has 0 spiro atoms. The number of unbranched alkanes of at least 4 members (excludes halogenated alkanes) is 3. The van der Waals surface area contributed by atoms with E-state index in [-0.39, 0.29) is 5.91 Å². The minimum atomic E-state index is 0.250. The van der Waals surface area contributed by atoms with Crippen molar-refractivity contribution in [3.05, 3.63) is 0 Å². The summed E-state index contributed by atoms with van der Waals surface area (Å²) in [6, 6.07) is 0. The fraction of sp³-hybridized carbons (Fsp3) is 0.941. The minimum Gasteiger partial charge on any atom is -0.356 e. The second-order valence-corrected chi connectivity index (χ2v) is 6.21. The maximum Gasteiger partial charge on any atom is 0.220 e. The van der Waals surface area contributed by atoms with Crippen LogP contribution in [0.25, 0.3) is 0 Å². The summed E-state index contributed by atoms with van der Waals surface area (Å²) >= 11 is 0. The normalized spacial score (nSPS) is 12.7. The van der Waals surface area contributed by atoms with E-state index in [0.29, 0.717) is 12.3 Å². The van der Waals surface area contributed by atoms with Gasteiger partial charge in [-0.05, 0) is 24.7 Å². The summed E-state index contributed by atoms with van der Waals surface area (Å²) in [6.45, 7) is 9.84. The largest absolute Gasteiger partial charge is 0.356 e. The number of carbonyl (C=O) groups is 1. The predicted molar refractivity (Wildman–Crippen MR) is 84.2 cm³/mol. The number of carbonyl (C=O) groups excluding carboxylic acids is 1. The first kappa shape index (κ1) is 18.5. The van der Waals surface area contributed by atoms with Crippen LogP contribution in [0.5, 0.6) is 0 Å². The first-order valence-electron chi connectivity index (χ1n) is 8.36. The van der Waals surface area contributed by atoms with Gasteiger partial charge in [0, 0.05) is 13.0 Å². The van der Waals surface area contributed by atoms with Crippen LogP contribution in [0.4, 0.5) is 0 Å². The van der Waals surface area contributed by atoms with Crippen molar-refractivity contribution >= 4 is 5.91 Å². The van der Waals surface area contributed by atoms with Crippen LogP contribution in [0.2, 0.25) is 0 Å². The monoisotopic (exact) mass is 269 g/mol. The molecule has 0 aliphatic carbocycles. The molecule has 0 aromatic heterocycles. The highest BCUT2D eigenvalue weighted by molar-refractivity contribution is 5.75. The Morgan fingerprint density at radius 3 is 2.32 bits per heavy atom. The van der Waals surface area contributed by atoms with Gasteiger partial charge in [0.25, 0.3) is 0 Å². The summed E-state index contributed by atoms with van der Waals surface area (Å²) < 4.78 is 0. The topological polar surface area (TPSA) is 29.1 Å². The van der Waals surface area contributed by atoms with E-state index in [2.05, 4.69) is 33.0 Å². The first-order valence-corrected chi connectivity index (χ1v) is 8.36. The maximum atomic E-state index is 11.7. The van der Waals surface area contributed by atoms with E-state index in [1.54, 1.807) is 0 Å². The SMILES string of the molecule is CCCC[C@@H](CC)CNC(=O)CCCCCC(C)C. The lowest BCUT2D eigenvalue weighted by molar-refractivity contribution is -0.121. The molecule has 0 saturated carbocycles. The van der Waals surface area contributed by atoms with Gasteiger partial charge >= 0.3 is 0 Å². The molecule has 2 heteroatoms. The van der Waals surface area contributed by atoms with Crippen molar-refractivity contribution in [1.82, 2.24) is 5.32 Å². The van der Waals surface area contributed by atoms with E-state index >= 15 is 0 Å². The maximum absolute atomic E-state index is 11.7. The molecule has 1 atom stereocenters. The second-order valence-electron chi connectivity index (χ2n) is 6.21. The molecule has 0 aromatic rings. The average Bonchev–Trinajstić information content (AvgIpc) is 2.38. The zero-order valence-corrected chi connectivity index (χ0v) is 13.6. The number of hydrogen-bond acceptors (Lipinski definition) is 1. The van der Waals surface area contributed by atoms with Crippen molar-refractivity contribution in [3.8, 4) is 0 Å². The zero-order valence-electron chi connectivity index (χ0n) is 13.6. The van der Waals surface area contributed by atoms with E-state index in [1.165, 1.54) is 44.9 Å². The van der Waals surface area contributed by atoms with Gasteiger partial charge in [0.1, 0.15) is 0 Å². The molecule has 0 saturated heterocycles. The Hall–Kier alpha value is -0.530. The highest BCUT2D eigenvalue weighted by atomic mass is 16.1. The van der Waals surface area contributed by atoms with Crippen LogP contribution in [0, 0.1) is 11.8 Å². The summed E-state index contributed by atoms with van der Waals surface area (Å²) in [7, 11) is 0. The van der Waals surface area contributed by atoms with Crippen molar-refractivity contribution in [3.63, 3.8) is 0 Å². The summed E-state index contributed by atoms with van der Waals surface area (Å²) in [5, 5.41) is 3.10. The Labute approximate surface area is 120 Å². The molecule has 0 fully saturated rings. The van der Waals surface area contributed by atoms with Crippen molar-refractivity contribution in [2.75, 3.05) is 6.54 Å². The van der Waals surface area contributed by atoms with Gasteiger partial charge in [0.2, 0.25) is 5.91 Å². The van der Waals surface area contributed by atoms with Gasteiger partial charge in [-0.2, -0.15) is 0 Å². The summed E-state index contributed by atoms with van der Waals surface area (Å²) in [5.74, 6) is 1.71. The molecule has 19 heavy (non-hydrogen) atoms. The third-order valence-electron chi connectivity index (χ3n) is 3.82.